The van der Waals surface area contributed by atoms with E-state index < -0.39 is 11.9 Å². The molecule has 44 heavy (non-hydrogen) atoms. The smallest absolute Gasteiger partial charge is 0.426 e. The van der Waals surface area contributed by atoms with Crippen LogP contribution in [0.15, 0.2) is 36.9 Å². The van der Waals surface area contributed by atoms with Crippen LogP contribution in [0.3, 0.4) is 0 Å². The summed E-state index contributed by atoms with van der Waals surface area (Å²) >= 11 is 0. The van der Waals surface area contributed by atoms with E-state index in [1.165, 1.54) is 33.9 Å². The van der Waals surface area contributed by atoms with Gasteiger partial charge in [0.25, 0.3) is 12.4 Å². The minimum absolute atomic E-state index is 0.0940. The maximum Gasteiger partial charge on any atom is 0.435 e. The van der Waals surface area contributed by atoms with E-state index in [4.69, 9.17) is 15.2 Å². The van der Waals surface area contributed by atoms with Crippen molar-refractivity contribution in [3.63, 3.8) is 0 Å². The number of rotatable bonds is 14. The monoisotopic (exact) mass is 614 g/mol. The van der Waals surface area contributed by atoms with Gasteiger partial charge in [0.05, 0.1) is 36.4 Å². The standard InChI is InChI=1S/C29H33F3N8O4/c1-2-19-20(28(42)35-10-13-43-12-8-33)6-7-22(24(19)44-17-41)37-26-27-36-14-23(40(27)11-9-34-26)21-16-39(15-18-4-3-5-18)38-25(21)29(30,31)32/h6-7,9,11,14,16-18H,2-5,8,10,12-13,15,33H2,1H3,(H,34,37)(H,35,42). The SMILES string of the molecule is CCc1c(C(=O)NCCOCCN)ccc(Nc2nccn3c(-c4cn(CC5CCC5)nc4C(F)(F)F)cnc23)c1OC=O. The van der Waals surface area contributed by atoms with Gasteiger partial charge < -0.3 is 25.8 Å². The molecule has 1 aromatic carbocycles. The molecular weight excluding hydrogens is 581 g/mol. The lowest BCUT2D eigenvalue weighted by Gasteiger charge is -2.24. The van der Waals surface area contributed by atoms with Crippen LogP contribution in [0.5, 0.6) is 5.75 Å². The number of carbonyl (C=O) groups is 2. The molecule has 0 atom stereocenters. The first kappa shape index (κ1) is 30.9. The zero-order valence-corrected chi connectivity index (χ0v) is 24.1. The average molecular weight is 615 g/mol. The summed E-state index contributed by atoms with van der Waals surface area (Å²) in [5.41, 5.74) is 5.83. The first-order valence-corrected chi connectivity index (χ1v) is 14.3. The van der Waals surface area contributed by atoms with Crippen LogP contribution < -0.4 is 21.1 Å². The maximum absolute atomic E-state index is 14.0. The van der Waals surface area contributed by atoms with Crippen molar-refractivity contribution in [3.8, 4) is 17.0 Å². The topological polar surface area (TPSA) is 151 Å². The molecule has 3 heterocycles. The van der Waals surface area contributed by atoms with Crippen molar-refractivity contribution in [1.82, 2.24) is 29.5 Å². The van der Waals surface area contributed by atoms with Gasteiger partial charge in [0.2, 0.25) is 0 Å². The molecule has 3 aromatic heterocycles. The second-order valence-corrected chi connectivity index (χ2v) is 10.3. The van der Waals surface area contributed by atoms with Crippen LogP contribution in [0.2, 0.25) is 0 Å². The van der Waals surface area contributed by atoms with Crippen LogP contribution in [0.1, 0.15) is 47.8 Å². The summed E-state index contributed by atoms with van der Waals surface area (Å²) < 4.78 is 55.6. The summed E-state index contributed by atoms with van der Waals surface area (Å²) in [5.74, 6) is 0.245. The average Bonchev–Trinajstić information content (AvgIpc) is 3.60. The first-order valence-electron chi connectivity index (χ1n) is 14.3. The van der Waals surface area contributed by atoms with E-state index in [0.29, 0.717) is 48.8 Å². The van der Waals surface area contributed by atoms with Crippen molar-refractivity contribution >= 4 is 29.5 Å². The highest BCUT2D eigenvalue weighted by Gasteiger charge is 2.38. The number of amides is 1. The van der Waals surface area contributed by atoms with Crippen LogP contribution in [0.25, 0.3) is 16.9 Å². The number of anilines is 2. The third-order valence-electron chi connectivity index (χ3n) is 7.48. The first-order chi connectivity index (χ1) is 21.2. The van der Waals surface area contributed by atoms with E-state index in [1.54, 1.807) is 19.1 Å². The normalized spacial score (nSPS) is 13.6. The van der Waals surface area contributed by atoms with Crippen LogP contribution in [0, 0.1) is 5.92 Å². The van der Waals surface area contributed by atoms with Crippen LogP contribution in [0.4, 0.5) is 24.7 Å². The lowest BCUT2D eigenvalue weighted by atomic mass is 9.85. The largest absolute Gasteiger partial charge is 0.435 e. The van der Waals surface area contributed by atoms with Gasteiger partial charge in [0.15, 0.2) is 22.9 Å². The molecule has 0 aliphatic heterocycles. The molecule has 5 rings (SSSR count). The Hall–Kier alpha value is -4.50. The predicted octanol–water partition coefficient (Wildman–Crippen LogP) is 3.96. The number of hydrogen-bond donors (Lipinski definition) is 3. The zero-order valence-electron chi connectivity index (χ0n) is 24.1. The fourth-order valence-corrected chi connectivity index (χ4v) is 5.18. The summed E-state index contributed by atoms with van der Waals surface area (Å²) in [6.07, 6.45) is 4.38. The number of alkyl halides is 3. The van der Waals surface area contributed by atoms with Crippen molar-refractivity contribution in [2.24, 2.45) is 11.7 Å². The molecule has 1 saturated carbocycles. The number of nitrogens with two attached hydrogens (primary N) is 1. The molecule has 1 aliphatic rings. The molecule has 0 bridgehead atoms. The molecule has 1 amide bonds. The second kappa shape index (κ2) is 13.4. The van der Waals surface area contributed by atoms with Gasteiger partial charge in [-0.2, -0.15) is 18.3 Å². The quantitative estimate of drug-likeness (QED) is 0.142. The number of carbonyl (C=O) groups excluding carboxylic acids is 2. The molecule has 234 valence electrons. The van der Waals surface area contributed by atoms with Gasteiger partial charge in [-0.15, -0.1) is 0 Å². The summed E-state index contributed by atoms with van der Waals surface area (Å²) in [6.45, 7) is 3.77. The highest BCUT2D eigenvalue weighted by Crippen LogP contribution is 2.39. The molecule has 1 fully saturated rings. The van der Waals surface area contributed by atoms with Gasteiger partial charge in [0.1, 0.15) is 0 Å². The van der Waals surface area contributed by atoms with Crippen molar-refractivity contribution in [3.05, 3.63) is 53.7 Å². The minimum atomic E-state index is -4.67. The molecule has 0 spiro atoms. The van der Waals surface area contributed by atoms with Crippen molar-refractivity contribution in [2.75, 3.05) is 31.6 Å². The Labute approximate surface area is 250 Å². The number of hydrogen-bond acceptors (Lipinski definition) is 9. The van der Waals surface area contributed by atoms with Gasteiger partial charge in [-0.05, 0) is 37.3 Å². The van der Waals surface area contributed by atoms with Crippen molar-refractivity contribution in [2.45, 2.75) is 45.3 Å². The van der Waals surface area contributed by atoms with Gasteiger partial charge in [-0.1, -0.05) is 13.3 Å². The van der Waals surface area contributed by atoms with Crippen LogP contribution in [-0.4, -0.2) is 62.8 Å². The van der Waals surface area contributed by atoms with Crippen LogP contribution >= 0.6 is 0 Å². The molecule has 0 saturated heterocycles. The highest BCUT2D eigenvalue weighted by molar-refractivity contribution is 5.97. The van der Waals surface area contributed by atoms with Crippen molar-refractivity contribution in [1.29, 1.82) is 0 Å². The number of fused-ring (bicyclic) bond motifs is 1. The van der Waals surface area contributed by atoms with Gasteiger partial charge in [-0.3, -0.25) is 18.7 Å². The number of aromatic nitrogens is 5. The molecular formula is C29H33F3N8O4. The second-order valence-electron chi connectivity index (χ2n) is 10.3. The summed E-state index contributed by atoms with van der Waals surface area (Å²) in [7, 11) is 0. The van der Waals surface area contributed by atoms with E-state index >= 15 is 0 Å². The Morgan fingerprint density at radius 1 is 1.23 bits per heavy atom. The Morgan fingerprint density at radius 3 is 2.73 bits per heavy atom. The number of nitrogens with zero attached hydrogens (tertiary/aromatic N) is 5. The van der Waals surface area contributed by atoms with E-state index in [1.807, 2.05) is 0 Å². The van der Waals surface area contributed by atoms with Crippen molar-refractivity contribution < 1.29 is 32.2 Å². The Kier molecular flexibility index (Phi) is 9.44. The molecule has 0 radical (unpaired) electrons. The molecule has 1 aliphatic carbocycles. The number of nitrogens with one attached hydrogen (secondary N) is 2. The third kappa shape index (κ3) is 6.53. The lowest BCUT2D eigenvalue weighted by molar-refractivity contribution is -0.141. The predicted molar refractivity (Wildman–Crippen MR) is 155 cm³/mol. The number of imidazole rings is 1. The van der Waals surface area contributed by atoms with E-state index in [2.05, 4.69) is 25.7 Å². The Bertz CT molecular complexity index is 1630. The van der Waals surface area contributed by atoms with E-state index in [9.17, 15) is 22.8 Å². The minimum Gasteiger partial charge on any atom is -0.426 e. The summed E-state index contributed by atoms with van der Waals surface area (Å²) in [6, 6.07) is 3.14. The number of benzene rings is 1. The van der Waals surface area contributed by atoms with Crippen LogP contribution in [-0.2, 0) is 28.7 Å². The summed E-state index contributed by atoms with van der Waals surface area (Å²) in [4.78, 5) is 33.1. The third-order valence-corrected chi connectivity index (χ3v) is 7.48. The number of ether oxygens (including phenoxy) is 2. The summed E-state index contributed by atoms with van der Waals surface area (Å²) in [5, 5.41) is 9.73. The highest BCUT2D eigenvalue weighted by atomic mass is 19.4. The fraction of sp³-hybridized carbons (Fsp3) is 0.414. The molecule has 0 unspecified atom stereocenters. The van der Waals surface area contributed by atoms with E-state index in [0.717, 1.165) is 19.3 Å². The van der Waals surface area contributed by atoms with Gasteiger partial charge >= 0.3 is 6.18 Å². The zero-order chi connectivity index (χ0) is 31.3. The lowest BCUT2D eigenvalue weighted by Crippen LogP contribution is -2.29. The maximum atomic E-state index is 14.0. The molecule has 15 heteroatoms. The molecule has 12 nitrogen and oxygen atoms in total. The molecule has 4 N–H and O–H groups in total. The Balaban J connectivity index is 1.46. The fourth-order valence-electron chi connectivity index (χ4n) is 5.18. The van der Waals surface area contributed by atoms with E-state index in [-0.39, 0.29) is 54.0 Å². The number of halogens is 3. The molecule has 4 aromatic rings. The van der Waals surface area contributed by atoms with Gasteiger partial charge in [-0.25, -0.2) is 9.97 Å². The van der Waals surface area contributed by atoms with Gasteiger partial charge in [0, 0.05) is 49.4 Å². The Morgan fingerprint density at radius 2 is 2.05 bits per heavy atom.